The lowest BCUT2D eigenvalue weighted by Crippen LogP contribution is -2.47. The van der Waals surface area contributed by atoms with Crippen molar-refractivity contribution in [1.29, 1.82) is 0 Å². The first-order valence-electron chi connectivity index (χ1n) is 6.54. The summed E-state index contributed by atoms with van der Waals surface area (Å²) in [6, 6.07) is 0. The molecule has 0 aliphatic carbocycles. The van der Waals surface area contributed by atoms with Gasteiger partial charge in [0, 0.05) is 12.0 Å². The maximum Gasteiger partial charge on any atom is 0.332 e. The van der Waals surface area contributed by atoms with Crippen molar-refractivity contribution in [1.82, 2.24) is 5.32 Å². The van der Waals surface area contributed by atoms with E-state index in [4.69, 9.17) is 9.47 Å². The van der Waals surface area contributed by atoms with E-state index in [1.807, 2.05) is 0 Å². The lowest BCUT2D eigenvalue weighted by Gasteiger charge is -2.38. The Bertz CT molecular complexity index is 241. The first-order chi connectivity index (χ1) is 8.06. The van der Waals surface area contributed by atoms with E-state index in [-0.39, 0.29) is 24.1 Å². The first-order valence-corrected chi connectivity index (χ1v) is 6.54. The molecule has 1 heterocycles. The molecule has 4 nitrogen and oxygen atoms in total. The maximum atomic E-state index is 11.4. The number of hydrogen-bond acceptors (Lipinski definition) is 4. The molecule has 1 rings (SSSR count). The molecule has 0 aromatic rings. The largest absolute Gasteiger partial charge is 0.464 e. The van der Waals surface area contributed by atoms with E-state index in [0.29, 0.717) is 6.61 Å². The van der Waals surface area contributed by atoms with E-state index in [0.717, 1.165) is 32.4 Å². The fourth-order valence-corrected chi connectivity index (χ4v) is 2.00. The molecule has 1 atom stereocenters. The maximum absolute atomic E-state index is 11.4. The summed E-state index contributed by atoms with van der Waals surface area (Å²) in [5.41, 5.74) is 0.0853. The first kappa shape index (κ1) is 14.5. The molecule has 100 valence electrons. The van der Waals surface area contributed by atoms with Crippen LogP contribution < -0.4 is 5.32 Å². The van der Waals surface area contributed by atoms with Gasteiger partial charge in [0.05, 0.1) is 12.7 Å². The highest BCUT2D eigenvalue weighted by Crippen LogP contribution is 2.27. The van der Waals surface area contributed by atoms with Crippen LogP contribution in [0, 0.1) is 5.41 Å². The highest BCUT2D eigenvalue weighted by Gasteiger charge is 2.33. The summed E-state index contributed by atoms with van der Waals surface area (Å²) in [5, 5.41) is 3.34. The highest BCUT2D eigenvalue weighted by atomic mass is 16.6. The molecule has 17 heavy (non-hydrogen) atoms. The number of carbonyl (C=O) groups excluding carboxylic acids is 1. The minimum Gasteiger partial charge on any atom is -0.464 e. The van der Waals surface area contributed by atoms with E-state index >= 15 is 0 Å². The highest BCUT2D eigenvalue weighted by molar-refractivity contribution is 5.70. The van der Waals surface area contributed by atoms with E-state index in [1.165, 1.54) is 0 Å². The third kappa shape index (κ3) is 5.04. The molecule has 0 aromatic carbocycles. The molecule has 1 fully saturated rings. The summed E-state index contributed by atoms with van der Waals surface area (Å²) in [4.78, 5) is 11.4. The zero-order valence-electron chi connectivity index (χ0n) is 11.3. The quantitative estimate of drug-likeness (QED) is 0.570. The van der Waals surface area contributed by atoms with Crippen molar-refractivity contribution < 1.29 is 14.3 Å². The monoisotopic (exact) mass is 243 g/mol. The Morgan fingerprint density at radius 3 is 2.88 bits per heavy atom. The van der Waals surface area contributed by atoms with Crippen LogP contribution in [0.15, 0.2) is 0 Å². The van der Waals surface area contributed by atoms with Gasteiger partial charge in [0.15, 0.2) is 0 Å². The number of nitrogens with one attached hydrogen (secondary N) is 1. The van der Waals surface area contributed by atoms with Gasteiger partial charge in [-0.1, -0.05) is 27.2 Å². The summed E-state index contributed by atoms with van der Waals surface area (Å²) in [6.07, 6.45) is 3.05. The predicted molar refractivity (Wildman–Crippen MR) is 66.9 cm³/mol. The van der Waals surface area contributed by atoms with Crippen LogP contribution in [0.25, 0.3) is 0 Å². The Balaban J connectivity index is 2.22. The number of carbonyl (C=O) groups is 1. The Labute approximate surface area is 104 Å². The minimum atomic E-state index is -0.243. The molecule has 1 N–H and O–H groups in total. The van der Waals surface area contributed by atoms with Gasteiger partial charge < -0.3 is 14.8 Å². The van der Waals surface area contributed by atoms with Gasteiger partial charge in [0.2, 0.25) is 0 Å². The number of rotatable bonds is 6. The van der Waals surface area contributed by atoms with E-state index in [9.17, 15) is 4.79 Å². The van der Waals surface area contributed by atoms with Gasteiger partial charge in [-0.25, -0.2) is 4.79 Å². The lowest BCUT2D eigenvalue weighted by molar-refractivity contribution is -0.154. The van der Waals surface area contributed by atoms with Gasteiger partial charge in [0.25, 0.3) is 0 Å². The Morgan fingerprint density at radius 1 is 1.47 bits per heavy atom. The summed E-state index contributed by atoms with van der Waals surface area (Å²) < 4.78 is 10.7. The van der Waals surface area contributed by atoms with Crippen molar-refractivity contribution in [2.75, 3.05) is 26.3 Å². The van der Waals surface area contributed by atoms with Crippen molar-refractivity contribution in [3.8, 4) is 0 Å². The second kappa shape index (κ2) is 6.97. The van der Waals surface area contributed by atoms with E-state index in [2.05, 4.69) is 26.1 Å². The molecule has 1 saturated heterocycles. The topological polar surface area (TPSA) is 47.6 Å². The molecule has 0 bridgehead atoms. The zero-order chi connectivity index (χ0) is 12.7. The molecule has 0 spiro atoms. The van der Waals surface area contributed by atoms with Crippen LogP contribution in [-0.2, 0) is 14.3 Å². The van der Waals surface area contributed by atoms with Crippen LogP contribution >= 0.6 is 0 Å². The Kier molecular flexibility index (Phi) is 5.92. The number of unbranched alkanes of at least 4 members (excludes halogenated alkanes) is 1. The summed E-state index contributed by atoms with van der Waals surface area (Å²) in [7, 11) is 0. The van der Waals surface area contributed by atoms with Crippen LogP contribution in [0.2, 0.25) is 0 Å². The molecule has 1 unspecified atom stereocenters. The van der Waals surface area contributed by atoms with Gasteiger partial charge in [-0.05, 0) is 19.4 Å². The molecule has 0 aromatic heterocycles. The lowest BCUT2D eigenvalue weighted by atomic mass is 9.82. The number of ether oxygens (including phenoxy) is 2. The normalized spacial score (nSPS) is 23.4. The van der Waals surface area contributed by atoms with Gasteiger partial charge in [-0.3, -0.25) is 0 Å². The van der Waals surface area contributed by atoms with Crippen molar-refractivity contribution in [2.24, 2.45) is 5.41 Å². The summed E-state index contributed by atoms with van der Waals surface area (Å²) in [5.74, 6) is -0.243. The standard InChI is InChI=1S/C13H25NO3/c1-4-5-8-16-12(15)9-17-11-6-7-14-10-13(11,2)3/h11,14H,4-10H2,1-3H3. The third-order valence-electron chi connectivity index (χ3n) is 3.20. The second-order valence-electron chi connectivity index (χ2n) is 5.33. The molecule has 1 aliphatic heterocycles. The molecular weight excluding hydrogens is 218 g/mol. The summed E-state index contributed by atoms with van der Waals surface area (Å²) >= 11 is 0. The van der Waals surface area contributed by atoms with Gasteiger partial charge >= 0.3 is 5.97 Å². The van der Waals surface area contributed by atoms with Crippen LogP contribution in [0.5, 0.6) is 0 Å². The van der Waals surface area contributed by atoms with Crippen molar-refractivity contribution >= 4 is 5.97 Å². The average molecular weight is 243 g/mol. The zero-order valence-corrected chi connectivity index (χ0v) is 11.3. The fourth-order valence-electron chi connectivity index (χ4n) is 2.00. The predicted octanol–water partition coefficient (Wildman–Crippen LogP) is 1.73. The Hall–Kier alpha value is -0.610. The van der Waals surface area contributed by atoms with Gasteiger partial charge in [-0.2, -0.15) is 0 Å². The van der Waals surface area contributed by atoms with Crippen LogP contribution in [-0.4, -0.2) is 38.4 Å². The van der Waals surface area contributed by atoms with E-state index in [1.54, 1.807) is 0 Å². The van der Waals surface area contributed by atoms with Gasteiger partial charge in [0.1, 0.15) is 6.61 Å². The van der Waals surface area contributed by atoms with Crippen molar-refractivity contribution in [3.63, 3.8) is 0 Å². The summed E-state index contributed by atoms with van der Waals surface area (Å²) in [6.45, 7) is 8.87. The molecular formula is C13H25NO3. The second-order valence-corrected chi connectivity index (χ2v) is 5.33. The van der Waals surface area contributed by atoms with Crippen molar-refractivity contribution in [3.05, 3.63) is 0 Å². The molecule has 0 saturated carbocycles. The minimum absolute atomic E-state index is 0.0812. The van der Waals surface area contributed by atoms with E-state index < -0.39 is 0 Å². The average Bonchev–Trinajstić information content (AvgIpc) is 2.27. The fraction of sp³-hybridized carbons (Fsp3) is 0.923. The number of esters is 1. The molecule has 1 aliphatic rings. The SMILES string of the molecule is CCCCOC(=O)COC1CCNCC1(C)C. The molecule has 4 heteroatoms. The van der Waals surface area contributed by atoms with Crippen molar-refractivity contribution in [2.45, 2.75) is 46.1 Å². The number of piperidine rings is 1. The third-order valence-corrected chi connectivity index (χ3v) is 3.20. The Morgan fingerprint density at radius 2 is 2.24 bits per heavy atom. The molecule has 0 radical (unpaired) electrons. The van der Waals surface area contributed by atoms with Crippen LogP contribution in [0.1, 0.15) is 40.0 Å². The van der Waals surface area contributed by atoms with Crippen LogP contribution in [0.3, 0.4) is 0 Å². The molecule has 0 amide bonds. The number of hydrogen-bond donors (Lipinski definition) is 1. The van der Waals surface area contributed by atoms with Gasteiger partial charge in [-0.15, -0.1) is 0 Å². The smallest absolute Gasteiger partial charge is 0.332 e. The van der Waals surface area contributed by atoms with Crippen LogP contribution in [0.4, 0.5) is 0 Å².